The minimum Gasteiger partial charge on any atom is -0.314 e. The number of rotatable bonds is 3. The maximum atomic E-state index is 3.49. The van der Waals surface area contributed by atoms with Crippen molar-refractivity contribution in [2.45, 2.75) is 46.2 Å². The first kappa shape index (κ1) is 11.0. The monoisotopic (exact) mass is 184 g/mol. The molecule has 0 aromatic heterocycles. The van der Waals surface area contributed by atoms with Gasteiger partial charge in [-0.2, -0.15) is 0 Å². The summed E-state index contributed by atoms with van der Waals surface area (Å²) in [6.07, 6.45) is 1.29. The molecule has 78 valence electrons. The number of nitrogens with one attached hydrogen (secondary N) is 1. The van der Waals surface area contributed by atoms with E-state index in [1.807, 2.05) is 0 Å². The van der Waals surface area contributed by atoms with Crippen LogP contribution in [0.3, 0.4) is 0 Å². The Kier molecular flexibility index (Phi) is 4.20. The Balaban J connectivity index is 2.56. The van der Waals surface area contributed by atoms with E-state index < -0.39 is 0 Å². The summed E-state index contributed by atoms with van der Waals surface area (Å²) in [7, 11) is 0. The number of hydrogen-bond donors (Lipinski definition) is 1. The second-order valence-corrected chi connectivity index (χ2v) is 4.49. The molecule has 2 heteroatoms. The van der Waals surface area contributed by atoms with Gasteiger partial charge in [0.2, 0.25) is 0 Å². The fourth-order valence-corrected chi connectivity index (χ4v) is 2.18. The lowest BCUT2D eigenvalue weighted by atomic mass is 9.95. The van der Waals surface area contributed by atoms with E-state index in [0.29, 0.717) is 6.04 Å². The first-order valence-electron chi connectivity index (χ1n) is 5.63. The minimum absolute atomic E-state index is 0.695. The lowest BCUT2D eigenvalue weighted by molar-refractivity contribution is 0.0854. The minimum atomic E-state index is 0.695. The van der Waals surface area contributed by atoms with E-state index in [0.717, 1.165) is 18.5 Å². The molecule has 2 atom stereocenters. The van der Waals surface area contributed by atoms with E-state index in [1.54, 1.807) is 0 Å². The first-order chi connectivity index (χ1) is 6.16. The van der Waals surface area contributed by atoms with Crippen molar-refractivity contribution < 1.29 is 0 Å². The molecule has 0 aliphatic carbocycles. The van der Waals surface area contributed by atoms with Crippen molar-refractivity contribution in [3.05, 3.63) is 0 Å². The summed E-state index contributed by atoms with van der Waals surface area (Å²) >= 11 is 0. The Morgan fingerprint density at radius 1 is 1.38 bits per heavy atom. The number of nitrogens with zero attached hydrogens (tertiary/aromatic N) is 1. The quantitative estimate of drug-likeness (QED) is 0.718. The van der Waals surface area contributed by atoms with E-state index in [9.17, 15) is 0 Å². The molecule has 1 rings (SSSR count). The highest BCUT2D eigenvalue weighted by molar-refractivity contribution is 4.84. The molecular weight excluding hydrogens is 160 g/mol. The Morgan fingerprint density at radius 2 is 2.08 bits per heavy atom. The standard InChI is InChI=1S/C11H24N2/c1-5-10(4)11-8-12-6-7-13(11)9(2)3/h9-12H,5-8H2,1-4H3. The molecule has 13 heavy (non-hydrogen) atoms. The second-order valence-electron chi connectivity index (χ2n) is 4.49. The zero-order chi connectivity index (χ0) is 9.84. The number of piperazine rings is 1. The molecule has 1 N–H and O–H groups in total. The Hall–Kier alpha value is -0.0800. The summed E-state index contributed by atoms with van der Waals surface area (Å²) in [6.45, 7) is 12.8. The third-order valence-corrected chi connectivity index (χ3v) is 3.29. The van der Waals surface area contributed by atoms with Crippen molar-refractivity contribution >= 4 is 0 Å². The SMILES string of the molecule is CCC(C)C1CNCCN1C(C)C. The third kappa shape index (κ3) is 2.68. The van der Waals surface area contributed by atoms with E-state index in [4.69, 9.17) is 0 Å². The summed E-state index contributed by atoms with van der Waals surface area (Å²) in [6, 6.07) is 1.44. The molecule has 1 aliphatic rings. The van der Waals surface area contributed by atoms with Gasteiger partial charge in [0, 0.05) is 31.7 Å². The van der Waals surface area contributed by atoms with Crippen molar-refractivity contribution in [2.75, 3.05) is 19.6 Å². The summed E-state index contributed by atoms with van der Waals surface area (Å²) in [4.78, 5) is 2.64. The maximum Gasteiger partial charge on any atom is 0.0249 e. The average molecular weight is 184 g/mol. The molecule has 1 aliphatic heterocycles. The molecule has 0 saturated carbocycles. The van der Waals surface area contributed by atoms with Gasteiger partial charge in [-0.3, -0.25) is 4.90 Å². The van der Waals surface area contributed by atoms with Gasteiger partial charge in [0.25, 0.3) is 0 Å². The van der Waals surface area contributed by atoms with Gasteiger partial charge >= 0.3 is 0 Å². The van der Waals surface area contributed by atoms with Crippen molar-refractivity contribution in [2.24, 2.45) is 5.92 Å². The van der Waals surface area contributed by atoms with Crippen molar-refractivity contribution in [3.63, 3.8) is 0 Å². The Morgan fingerprint density at radius 3 is 2.62 bits per heavy atom. The normalized spacial score (nSPS) is 27.9. The number of hydrogen-bond acceptors (Lipinski definition) is 2. The zero-order valence-corrected chi connectivity index (χ0v) is 9.51. The predicted octanol–water partition coefficient (Wildman–Crippen LogP) is 1.71. The lowest BCUT2D eigenvalue weighted by Crippen LogP contribution is -2.56. The summed E-state index contributed by atoms with van der Waals surface area (Å²) in [5.41, 5.74) is 0. The van der Waals surface area contributed by atoms with Crippen LogP contribution in [0.25, 0.3) is 0 Å². The van der Waals surface area contributed by atoms with Crippen LogP contribution in [-0.4, -0.2) is 36.6 Å². The van der Waals surface area contributed by atoms with Crippen molar-refractivity contribution in [1.82, 2.24) is 10.2 Å². The topological polar surface area (TPSA) is 15.3 Å². The molecule has 2 unspecified atom stereocenters. The van der Waals surface area contributed by atoms with Gasteiger partial charge in [-0.25, -0.2) is 0 Å². The first-order valence-corrected chi connectivity index (χ1v) is 5.63. The molecule has 0 amide bonds. The van der Waals surface area contributed by atoms with Crippen molar-refractivity contribution in [3.8, 4) is 0 Å². The highest BCUT2D eigenvalue weighted by atomic mass is 15.2. The molecule has 0 spiro atoms. The average Bonchev–Trinajstić information content (AvgIpc) is 2.16. The fraction of sp³-hybridized carbons (Fsp3) is 1.00. The molecule has 2 nitrogen and oxygen atoms in total. The predicted molar refractivity (Wildman–Crippen MR) is 58.0 cm³/mol. The van der Waals surface area contributed by atoms with Crippen LogP contribution in [0.4, 0.5) is 0 Å². The van der Waals surface area contributed by atoms with E-state index in [1.165, 1.54) is 19.5 Å². The Labute approximate surface area is 82.7 Å². The molecule has 1 fully saturated rings. The molecular formula is C11H24N2. The van der Waals surface area contributed by atoms with Gasteiger partial charge in [-0.15, -0.1) is 0 Å². The van der Waals surface area contributed by atoms with Crippen LogP contribution in [0.1, 0.15) is 34.1 Å². The molecule has 1 heterocycles. The van der Waals surface area contributed by atoms with Gasteiger partial charge in [0.05, 0.1) is 0 Å². The van der Waals surface area contributed by atoms with Crippen LogP contribution in [0, 0.1) is 5.92 Å². The van der Waals surface area contributed by atoms with Gasteiger partial charge in [0.1, 0.15) is 0 Å². The summed E-state index contributed by atoms with van der Waals surface area (Å²) in [5, 5.41) is 3.49. The highest BCUT2D eigenvalue weighted by Gasteiger charge is 2.27. The van der Waals surface area contributed by atoms with E-state index >= 15 is 0 Å². The van der Waals surface area contributed by atoms with E-state index in [-0.39, 0.29) is 0 Å². The van der Waals surface area contributed by atoms with Crippen LogP contribution in [0.15, 0.2) is 0 Å². The van der Waals surface area contributed by atoms with Crippen LogP contribution in [-0.2, 0) is 0 Å². The van der Waals surface area contributed by atoms with Crippen LogP contribution < -0.4 is 5.32 Å². The summed E-state index contributed by atoms with van der Waals surface area (Å²) < 4.78 is 0. The third-order valence-electron chi connectivity index (χ3n) is 3.29. The maximum absolute atomic E-state index is 3.49. The molecule has 0 aromatic carbocycles. The molecule has 0 aromatic rings. The lowest BCUT2D eigenvalue weighted by Gasteiger charge is -2.42. The zero-order valence-electron chi connectivity index (χ0n) is 9.51. The van der Waals surface area contributed by atoms with E-state index in [2.05, 4.69) is 37.9 Å². The highest BCUT2D eigenvalue weighted by Crippen LogP contribution is 2.18. The van der Waals surface area contributed by atoms with Gasteiger partial charge < -0.3 is 5.32 Å². The van der Waals surface area contributed by atoms with Crippen LogP contribution in [0.2, 0.25) is 0 Å². The second kappa shape index (κ2) is 4.97. The molecule has 0 radical (unpaired) electrons. The van der Waals surface area contributed by atoms with Crippen LogP contribution in [0.5, 0.6) is 0 Å². The molecule has 1 saturated heterocycles. The summed E-state index contributed by atoms with van der Waals surface area (Å²) in [5.74, 6) is 0.815. The van der Waals surface area contributed by atoms with Gasteiger partial charge in [-0.1, -0.05) is 20.3 Å². The van der Waals surface area contributed by atoms with Gasteiger partial charge in [-0.05, 0) is 19.8 Å². The smallest absolute Gasteiger partial charge is 0.0249 e. The largest absolute Gasteiger partial charge is 0.314 e. The van der Waals surface area contributed by atoms with Gasteiger partial charge in [0.15, 0.2) is 0 Å². The fourth-order valence-electron chi connectivity index (χ4n) is 2.18. The molecule has 0 bridgehead atoms. The van der Waals surface area contributed by atoms with Crippen LogP contribution >= 0.6 is 0 Å². The van der Waals surface area contributed by atoms with Crippen molar-refractivity contribution in [1.29, 1.82) is 0 Å². The Bertz CT molecular complexity index is 145.